The highest BCUT2D eigenvalue weighted by Crippen LogP contribution is 2.27. The molecular formula is C15H22N6. The number of hydrogen-bond donors (Lipinski definition) is 1. The van der Waals surface area contributed by atoms with Gasteiger partial charge in [-0.05, 0) is 20.3 Å². The van der Waals surface area contributed by atoms with Crippen LogP contribution in [0.4, 0.5) is 5.82 Å². The molecule has 6 nitrogen and oxygen atoms in total. The highest BCUT2D eigenvalue weighted by molar-refractivity contribution is 5.49. The Morgan fingerprint density at radius 3 is 2.90 bits per heavy atom. The van der Waals surface area contributed by atoms with Gasteiger partial charge in [0.25, 0.3) is 0 Å². The maximum Gasteiger partial charge on any atom is 0.159 e. The molecule has 3 heterocycles. The highest BCUT2D eigenvalue weighted by atomic mass is 15.4. The van der Waals surface area contributed by atoms with Crippen molar-refractivity contribution in [3.05, 3.63) is 29.3 Å². The van der Waals surface area contributed by atoms with Crippen LogP contribution in [-0.2, 0) is 13.0 Å². The summed E-state index contributed by atoms with van der Waals surface area (Å²) in [6.45, 7) is 8.34. The van der Waals surface area contributed by atoms with E-state index in [1.165, 1.54) is 0 Å². The first-order valence-corrected chi connectivity index (χ1v) is 7.49. The minimum Gasteiger partial charge on any atom is -0.383 e. The predicted octanol–water partition coefficient (Wildman–Crippen LogP) is 1.71. The van der Waals surface area contributed by atoms with Gasteiger partial charge in [0.05, 0.1) is 5.69 Å². The van der Waals surface area contributed by atoms with Gasteiger partial charge in [-0.25, -0.2) is 9.97 Å². The summed E-state index contributed by atoms with van der Waals surface area (Å²) in [4.78, 5) is 10.9. The van der Waals surface area contributed by atoms with Gasteiger partial charge in [0.2, 0.25) is 0 Å². The number of nitrogens with two attached hydrogens (primary N) is 1. The number of rotatable bonds is 3. The molecular weight excluding hydrogens is 264 g/mol. The van der Waals surface area contributed by atoms with Crippen molar-refractivity contribution in [3.63, 3.8) is 0 Å². The lowest BCUT2D eigenvalue weighted by Crippen LogP contribution is -2.37. The van der Waals surface area contributed by atoms with Crippen LogP contribution >= 0.6 is 0 Å². The van der Waals surface area contributed by atoms with E-state index in [1.54, 1.807) is 11.0 Å². The van der Waals surface area contributed by atoms with Gasteiger partial charge < -0.3 is 5.73 Å². The van der Waals surface area contributed by atoms with Crippen LogP contribution in [0.3, 0.4) is 0 Å². The van der Waals surface area contributed by atoms with Crippen LogP contribution in [0.1, 0.15) is 37.2 Å². The molecule has 0 spiro atoms. The summed E-state index contributed by atoms with van der Waals surface area (Å²) in [6, 6.07) is 2.48. The van der Waals surface area contributed by atoms with Gasteiger partial charge in [0.15, 0.2) is 5.82 Å². The number of aryl methyl sites for hydroxylation is 1. The van der Waals surface area contributed by atoms with Crippen molar-refractivity contribution in [3.8, 4) is 5.82 Å². The standard InChI is InChI=1S/C15H22N6/c1-4-11(3)20-6-5-13-12(8-20)15(16)21(19-13)14-7-10(2)17-9-18-14/h7,9,11H,4-6,8,16H2,1-3H3. The van der Waals surface area contributed by atoms with E-state index < -0.39 is 0 Å². The fourth-order valence-electron chi connectivity index (χ4n) is 2.78. The Morgan fingerprint density at radius 1 is 1.38 bits per heavy atom. The number of nitrogen functional groups attached to an aromatic ring is 1. The fraction of sp³-hybridized carbons (Fsp3) is 0.533. The van der Waals surface area contributed by atoms with Crippen LogP contribution < -0.4 is 5.73 Å². The van der Waals surface area contributed by atoms with Gasteiger partial charge in [0, 0.05) is 42.9 Å². The third-order valence-electron chi connectivity index (χ3n) is 4.32. The van der Waals surface area contributed by atoms with Gasteiger partial charge in [-0.3, -0.25) is 4.90 Å². The topological polar surface area (TPSA) is 72.9 Å². The van der Waals surface area contributed by atoms with Crippen molar-refractivity contribution in [1.82, 2.24) is 24.6 Å². The number of anilines is 1. The van der Waals surface area contributed by atoms with Gasteiger partial charge in [-0.2, -0.15) is 9.78 Å². The van der Waals surface area contributed by atoms with Gasteiger partial charge in [-0.15, -0.1) is 0 Å². The molecule has 0 bridgehead atoms. The Kier molecular flexibility index (Phi) is 3.63. The van der Waals surface area contributed by atoms with E-state index >= 15 is 0 Å². The van der Waals surface area contributed by atoms with Crippen LogP contribution in [0.25, 0.3) is 5.82 Å². The molecule has 21 heavy (non-hydrogen) atoms. The van der Waals surface area contributed by atoms with E-state index in [4.69, 9.17) is 5.73 Å². The van der Waals surface area contributed by atoms with Crippen LogP contribution in [-0.4, -0.2) is 37.2 Å². The van der Waals surface area contributed by atoms with Crippen LogP contribution in [0.5, 0.6) is 0 Å². The van der Waals surface area contributed by atoms with Crippen molar-refractivity contribution in [2.24, 2.45) is 0 Å². The summed E-state index contributed by atoms with van der Waals surface area (Å²) in [5.74, 6) is 1.44. The summed E-state index contributed by atoms with van der Waals surface area (Å²) in [5, 5.41) is 4.66. The van der Waals surface area contributed by atoms with Crippen molar-refractivity contribution < 1.29 is 0 Å². The molecule has 0 saturated heterocycles. The lowest BCUT2D eigenvalue weighted by Gasteiger charge is -2.31. The largest absolute Gasteiger partial charge is 0.383 e. The summed E-state index contributed by atoms with van der Waals surface area (Å²) in [7, 11) is 0. The summed E-state index contributed by atoms with van der Waals surface area (Å²) in [5.41, 5.74) is 9.49. The smallest absolute Gasteiger partial charge is 0.159 e. The van der Waals surface area contributed by atoms with Crippen LogP contribution in [0, 0.1) is 6.92 Å². The van der Waals surface area contributed by atoms with Crippen LogP contribution in [0.15, 0.2) is 12.4 Å². The molecule has 0 radical (unpaired) electrons. The summed E-state index contributed by atoms with van der Waals surface area (Å²) < 4.78 is 1.75. The van der Waals surface area contributed by atoms with E-state index in [-0.39, 0.29) is 0 Å². The Bertz CT molecular complexity index is 648. The molecule has 6 heteroatoms. The maximum absolute atomic E-state index is 6.32. The molecule has 0 fully saturated rings. The Hall–Kier alpha value is -1.95. The van der Waals surface area contributed by atoms with Crippen molar-refractivity contribution >= 4 is 5.82 Å². The fourth-order valence-corrected chi connectivity index (χ4v) is 2.78. The van der Waals surface area contributed by atoms with Gasteiger partial charge in [0.1, 0.15) is 12.1 Å². The third kappa shape index (κ3) is 2.51. The zero-order valence-corrected chi connectivity index (χ0v) is 12.9. The minimum absolute atomic E-state index is 0.571. The SMILES string of the molecule is CCC(C)N1CCc2nn(-c3cc(C)ncn3)c(N)c2C1. The molecule has 1 unspecified atom stereocenters. The van der Waals surface area contributed by atoms with E-state index in [2.05, 4.69) is 33.8 Å². The number of fused-ring (bicyclic) bond motifs is 1. The van der Waals surface area contributed by atoms with Gasteiger partial charge >= 0.3 is 0 Å². The first-order valence-electron chi connectivity index (χ1n) is 7.49. The molecule has 2 aromatic heterocycles. The number of nitrogens with zero attached hydrogens (tertiary/aromatic N) is 5. The third-order valence-corrected chi connectivity index (χ3v) is 4.32. The Morgan fingerprint density at radius 2 is 2.19 bits per heavy atom. The summed E-state index contributed by atoms with van der Waals surface area (Å²) in [6.07, 6.45) is 3.64. The monoisotopic (exact) mass is 286 g/mol. The normalized spacial score (nSPS) is 16.7. The average Bonchev–Trinajstić information content (AvgIpc) is 2.83. The average molecular weight is 286 g/mol. The van der Waals surface area contributed by atoms with E-state index in [1.807, 2.05) is 13.0 Å². The molecule has 1 aliphatic heterocycles. The Labute approximate surface area is 125 Å². The second-order valence-electron chi connectivity index (χ2n) is 5.72. The first-order chi connectivity index (χ1) is 10.1. The molecule has 1 aliphatic rings. The lowest BCUT2D eigenvalue weighted by atomic mass is 10.0. The highest BCUT2D eigenvalue weighted by Gasteiger charge is 2.26. The zero-order chi connectivity index (χ0) is 15.0. The molecule has 0 saturated carbocycles. The summed E-state index contributed by atoms with van der Waals surface area (Å²) >= 11 is 0. The molecule has 1 atom stereocenters. The second-order valence-corrected chi connectivity index (χ2v) is 5.72. The van der Waals surface area contributed by atoms with E-state index in [0.29, 0.717) is 11.9 Å². The molecule has 3 rings (SSSR count). The molecule has 112 valence electrons. The van der Waals surface area contributed by atoms with E-state index in [0.717, 1.165) is 48.7 Å². The number of hydrogen-bond acceptors (Lipinski definition) is 5. The van der Waals surface area contributed by atoms with E-state index in [9.17, 15) is 0 Å². The van der Waals surface area contributed by atoms with Crippen LogP contribution in [0.2, 0.25) is 0 Å². The zero-order valence-electron chi connectivity index (χ0n) is 12.9. The Balaban J connectivity index is 1.96. The second kappa shape index (κ2) is 5.44. The quantitative estimate of drug-likeness (QED) is 0.930. The molecule has 2 N–H and O–H groups in total. The first kappa shape index (κ1) is 14.0. The number of aromatic nitrogens is 4. The molecule has 0 amide bonds. The van der Waals surface area contributed by atoms with Crippen molar-refractivity contribution in [2.45, 2.75) is 46.2 Å². The molecule has 0 aliphatic carbocycles. The predicted molar refractivity (Wildman–Crippen MR) is 82.2 cm³/mol. The van der Waals surface area contributed by atoms with Crippen molar-refractivity contribution in [1.29, 1.82) is 0 Å². The molecule has 2 aromatic rings. The van der Waals surface area contributed by atoms with Crippen molar-refractivity contribution in [2.75, 3.05) is 12.3 Å². The minimum atomic E-state index is 0.571. The maximum atomic E-state index is 6.32. The van der Waals surface area contributed by atoms with Gasteiger partial charge in [-0.1, -0.05) is 6.92 Å². The molecule has 0 aromatic carbocycles. The lowest BCUT2D eigenvalue weighted by molar-refractivity contribution is 0.186.